The van der Waals surface area contributed by atoms with Gasteiger partial charge >= 0.3 is 12.1 Å². The van der Waals surface area contributed by atoms with Crippen LogP contribution in [0.4, 0.5) is 4.79 Å². The number of hydrogen-bond donors (Lipinski definition) is 3. The number of hydrogen-bond acceptors (Lipinski definition) is 7. The zero-order valence-corrected chi connectivity index (χ0v) is 19.6. The first-order valence-electron chi connectivity index (χ1n) is 10.1. The third-order valence-corrected chi connectivity index (χ3v) is 4.73. The molecule has 1 aromatic rings. The van der Waals surface area contributed by atoms with Crippen molar-refractivity contribution in [1.29, 1.82) is 0 Å². The van der Waals surface area contributed by atoms with E-state index < -0.39 is 48.2 Å². The summed E-state index contributed by atoms with van der Waals surface area (Å²) in [6, 6.07) is 2.85. The predicted molar refractivity (Wildman–Crippen MR) is 117 cm³/mol. The van der Waals surface area contributed by atoms with Crippen LogP contribution in [0.25, 0.3) is 0 Å². The zero-order valence-electron chi connectivity index (χ0n) is 19.6. The number of nitrogens with zero attached hydrogens (tertiary/aromatic N) is 1. The van der Waals surface area contributed by atoms with Crippen molar-refractivity contribution in [2.24, 2.45) is 0 Å². The van der Waals surface area contributed by atoms with Crippen molar-refractivity contribution in [1.82, 2.24) is 15.5 Å². The van der Waals surface area contributed by atoms with Gasteiger partial charge in [-0.3, -0.25) is 14.4 Å². The molecule has 1 aromatic carbocycles. The van der Waals surface area contributed by atoms with Crippen LogP contribution < -0.4 is 10.6 Å². The lowest BCUT2D eigenvalue weighted by Gasteiger charge is -2.32. The number of ether oxygens (including phenoxy) is 2. The van der Waals surface area contributed by atoms with Crippen molar-refractivity contribution in [3.63, 3.8) is 0 Å². The molecule has 0 saturated heterocycles. The molecule has 0 radical (unpaired) electrons. The van der Waals surface area contributed by atoms with Crippen molar-refractivity contribution < 1.29 is 33.8 Å². The van der Waals surface area contributed by atoms with E-state index in [9.17, 15) is 24.3 Å². The number of benzene rings is 1. The topological polar surface area (TPSA) is 134 Å². The number of likely N-dealkylation sites (N-methyl/N-ethyl adjacent to an activating group) is 1. The molecule has 3 N–H and O–H groups in total. The van der Waals surface area contributed by atoms with E-state index in [0.29, 0.717) is 5.56 Å². The maximum atomic E-state index is 13.1. The molecule has 0 aliphatic carbocycles. The molecule has 0 aromatic heterocycles. The van der Waals surface area contributed by atoms with Crippen LogP contribution in [0.1, 0.15) is 43.5 Å². The Bertz CT molecular complexity index is 848. The number of aliphatic hydroxyl groups excluding tert-OH is 1. The van der Waals surface area contributed by atoms with Gasteiger partial charge in [-0.2, -0.15) is 0 Å². The molecule has 3 amide bonds. The van der Waals surface area contributed by atoms with Gasteiger partial charge in [0, 0.05) is 7.05 Å². The van der Waals surface area contributed by atoms with Gasteiger partial charge in [-0.1, -0.05) is 18.2 Å². The number of aliphatic hydroxyl groups is 1. The normalized spacial score (nSPS) is 12.9. The molecule has 0 aliphatic rings. The van der Waals surface area contributed by atoms with Crippen LogP contribution in [0.3, 0.4) is 0 Å². The van der Waals surface area contributed by atoms with Gasteiger partial charge < -0.3 is 30.1 Å². The Morgan fingerprint density at radius 1 is 1.16 bits per heavy atom. The molecule has 2 unspecified atom stereocenters. The maximum absolute atomic E-state index is 13.1. The fourth-order valence-electron chi connectivity index (χ4n) is 2.93. The summed E-state index contributed by atoms with van der Waals surface area (Å²) in [7, 11) is 2.58. The van der Waals surface area contributed by atoms with Gasteiger partial charge in [-0.25, -0.2) is 4.79 Å². The smallest absolute Gasteiger partial charge is 0.408 e. The van der Waals surface area contributed by atoms with E-state index in [-0.39, 0.29) is 6.54 Å². The summed E-state index contributed by atoms with van der Waals surface area (Å²) >= 11 is 0. The Hall–Kier alpha value is -3.14. The number of methoxy groups -OCH3 is 1. The number of amides is 3. The Labute approximate surface area is 188 Å². The Morgan fingerprint density at radius 2 is 1.78 bits per heavy atom. The van der Waals surface area contributed by atoms with Crippen molar-refractivity contribution >= 4 is 23.9 Å². The van der Waals surface area contributed by atoms with Gasteiger partial charge in [0.2, 0.25) is 11.8 Å². The van der Waals surface area contributed by atoms with E-state index in [0.717, 1.165) is 16.0 Å². The quantitative estimate of drug-likeness (QED) is 0.502. The molecule has 32 heavy (non-hydrogen) atoms. The minimum atomic E-state index is -1.34. The Balaban J connectivity index is 3.22. The van der Waals surface area contributed by atoms with Gasteiger partial charge in [0.1, 0.15) is 24.2 Å². The second-order valence-electron chi connectivity index (χ2n) is 8.32. The molecule has 10 heteroatoms. The minimum Gasteiger partial charge on any atom is -0.468 e. The van der Waals surface area contributed by atoms with Crippen molar-refractivity contribution in [2.45, 2.75) is 52.3 Å². The van der Waals surface area contributed by atoms with E-state index in [1.165, 1.54) is 14.2 Å². The monoisotopic (exact) mass is 451 g/mol. The average Bonchev–Trinajstić information content (AvgIpc) is 2.71. The fourth-order valence-corrected chi connectivity index (χ4v) is 2.93. The number of esters is 1. The van der Waals surface area contributed by atoms with Gasteiger partial charge in [0.25, 0.3) is 0 Å². The first-order valence-corrected chi connectivity index (χ1v) is 10.1. The van der Waals surface area contributed by atoms with Crippen LogP contribution in [-0.2, 0) is 23.9 Å². The molecule has 0 bridgehead atoms. The standard InChI is InChI=1S/C22H33N3O7/c1-13-9-8-10-15(14(13)2)18(19(28)23-11-17(27)31-7)25(6)20(29)16(12-26)24-21(30)32-22(3,4)5/h8-10,16,18,26H,11-12H2,1-7H3,(H,23,28)(H,24,30). The number of aryl methyl sites for hydroxylation is 1. The van der Waals surface area contributed by atoms with Gasteiger partial charge in [-0.15, -0.1) is 0 Å². The highest BCUT2D eigenvalue weighted by Crippen LogP contribution is 2.26. The molecular weight excluding hydrogens is 418 g/mol. The highest BCUT2D eigenvalue weighted by atomic mass is 16.6. The number of rotatable bonds is 8. The summed E-state index contributed by atoms with van der Waals surface area (Å²) in [6.07, 6.45) is -0.878. The molecular formula is C22H33N3O7. The maximum Gasteiger partial charge on any atom is 0.408 e. The summed E-state index contributed by atoms with van der Waals surface area (Å²) in [6.45, 7) is 7.59. The third kappa shape index (κ3) is 7.52. The van der Waals surface area contributed by atoms with Crippen LogP contribution in [0.5, 0.6) is 0 Å². The molecule has 10 nitrogen and oxygen atoms in total. The summed E-state index contributed by atoms with van der Waals surface area (Å²) in [4.78, 5) is 50.8. The highest BCUT2D eigenvalue weighted by Gasteiger charge is 2.34. The molecule has 0 fully saturated rings. The van der Waals surface area contributed by atoms with Crippen LogP contribution in [0.2, 0.25) is 0 Å². The summed E-state index contributed by atoms with van der Waals surface area (Å²) in [5.41, 5.74) is 1.43. The van der Waals surface area contributed by atoms with Crippen molar-refractivity contribution in [3.05, 3.63) is 34.9 Å². The third-order valence-electron chi connectivity index (χ3n) is 4.73. The number of carbonyl (C=O) groups excluding carboxylic acids is 4. The van der Waals surface area contributed by atoms with Crippen LogP contribution in [-0.4, -0.2) is 72.8 Å². The number of alkyl carbamates (subject to hydrolysis) is 1. The largest absolute Gasteiger partial charge is 0.468 e. The van der Waals surface area contributed by atoms with Gasteiger partial charge in [0.15, 0.2) is 0 Å². The second kappa shape index (κ2) is 11.5. The fraction of sp³-hybridized carbons (Fsp3) is 0.545. The molecule has 178 valence electrons. The lowest BCUT2D eigenvalue weighted by molar-refractivity contribution is -0.144. The lowest BCUT2D eigenvalue weighted by Crippen LogP contribution is -2.53. The van der Waals surface area contributed by atoms with E-state index >= 15 is 0 Å². The summed E-state index contributed by atoms with van der Waals surface area (Å²) < 4.78 is 9.69. The predicted octanol–water partition coefficient (Wildman–Crippen LogP) is 0.978. The molecule has 0 spiro atoms. The lowest BCUT2D eigenvalue weighted by atomic mass is 9.95. The zero-order chi connectivity index (χ0) is 24.6. The van der Waals surface area contributed by atoms with E-state index in [1.54, 1.807) is 32.9 Å². The van der Waals surface area contributed by atoms with Crippen molar-refractivity contribution in [2.75, 3.05) is 27.3 Å². The van der Waals surface area contributed by atoms with Crippen molar-refractivity contribution in [3.8, 4) is 0 Å². The molecule has 0 heterocycles. The molecule has 0 aliphatic heterocycles. The number of carbonyl (C=O) groups is 4. The van der Waals surface area contributed by atoms with Gasteiger partial charge in [0.05, 0.1) is 13.7 Å². The first kappa shape index (κ1) is 26.9. The average molecular weight is 452 g/mol. The van der Waals surface area contributed by atoms with Crippen LogP contribution in [0.15, 0.2) is 18.2 Å². The second-order valence-corrected chi connectivity index (χ2v) is 8.32. The van der Waals surface area contributed by atoms with Crippen LogP contribution >= 0.6 is 0 Å². The Morgan fingerprint density at radius 3 is 2.31 bits per heavy atom. The van der Waals surface area contributed by atoms with E-state index in [1.807, 2.05) is 19.9 Å². The SMILES string of the molecule is COC(=O)CNC(=O)C(c1cccc(C)c1C)N(C)C(=O)C(CO)NC(=O)OC(C)(C)C. The van der Waals surface area contributed by atoms with Crippen LogP contribution in [0, 0.1) is 13.8 Å². The number of nitrogens with one attached hydrogen (secondary N) is 2. The first-order chi connectivity index (χ1) is 14.8. The molecule has 2 atom stereocenters. The molecule has 1 rings (SSSR count). The summed E-state index contributed by atoms with van der Waals surface area (Å²) in [5.74, 6) is -1.97. The minimum absolute atomic E-state index is 0.377. The Kier molecular flexibility index (Phi) is 9.64. The van der Waals surface area contributed by atoms with Gasteiger partial charge in [-0.05, 0) is 51.3 Å². The van der Waals surface area contributed by atoms with E-state index in [2.05, 4.69) is 15.4 Å². The molecule has 0 saturated carbocycles. The van der Waals surface area contributed by atoms with E-state index in [4.69, 9.17) is 4.74 Å². The summed E-state index contributed by atoms with van der Waals surface area (Å²) in [5, 5.41) is 14.5. The highest BCUT2D eigenvalue weighted by molar-refractivity contribution is 5.93.